The van der Waals surface area contributed by atoms with Crippen molar-refractivity contribution in [1.82, 2.24) is 4.98 Å². The van der Waals surface area contributed by atoms with E-state index in [1.54, 1.807) is 24.3 Å². The van der Waals surface area contributed by atoms with Crippen LogP contribution in [-0.2, 0) is 33.7 Å². The minimum Gasteiger partial charge on any atom is -0.260 e. The molecule has 1 aromatic heterocycles. The Morgan fingerprint density at radius 3 is 2.62 bits per heavy atom. The molecule has 1 aromatic carbocycles. The van der Waals surface area contributed by atoms with E-state index in [0.29, 0.717) is 5.69 Å². The molecule has 0 spiro atoms. The van der Waals surface area contributed by atoms with Crippen molar-refractivity contribution in [3.05, 3.63) is 58.9 Å². The first-order chi connectivity index (χ1) is 10.0. The van der Waals surface area contributed by atoms with Crippen LogP contribution >= 0.6 is 0 Å². The lowest BCUT2D eigenvalue weighted by molar-refractivity contribution is 0.303. The summed E-state index contributed by atoms with van der Waals surface area (Å²) in [7, 11) is -3.73. The summed E-state index contributed by atoms with van der Waals surface area (Å²) in [5, 5.41) is 0. The average molecular weight is 303 g/mol. The van der Waals surface area contributed by atoms with Gasteiger partial charge in [0.25, 0.3) is 10.1 Å². The highest BCUT2D eigenvalue weighted by Crippen LogP contribution is 2.21. The van der Waals surface area contributed by atoms with Crippen LogP contribution < -0.4 is 0 Å². The molecule has 4 nitrogen and oxygen atoms in total. The SMILES string of the molecule is Cc1ccc(S(=O)(=O)OCc2ccc3c(n2)CCC3)cc1. The zero-order chi connectivity index (χ0) is 14.9. The van der Waals surface area contributed by atoms with E-state index in [9.17, 15) is 8.42 Å². The number of rotatable bonds is 4. The van der Waals surface area contributed by atoms with Crippen molar-refractivity contribution in [2.45, 2.75) is 37.7 Å². The number of hydrogen-bond acceptors (Lipinski definition) is 4. The molecule has 0 atom stereocenters. The third kappa shape index (κ3) is 3.14. The maximum absolute atomic E-state index is 12.1. The fraction of sp³-hybridized carbons (Fsp3) is 0.312. The van der Waals surface area contributed by atoms with Gasteiger partial charge in [-0.05, 0) is 49.9 Å². The van der Waals surface area contributed by atoms with E-state index in [2.05, 4.69) is 4.98 Å². The van der Waals surface area contributed by atoms with Gasteiger partial charge in [0.15, 0.2) is 0 Å². The molecular weight excluding hydrogens is 286 g/mol. The van der Waals surface area contributed by atoms with Gasteiger partial charge in [-0.3, -0.25) is 9.17 Å². The molecule has 1 aliphatic rings. The Balaban J connectivity index is 1.73. The Morgan fingerprint density at radius 2 is 1.86 bits per heavy atom. The Hall–Kier alpha value is -1.72. The largest absolute Gasteiger partial charge is 0.297 e. The van der Waals surface area contributed by atoms with Gasteiger partial charge in [0.1, 0.15) is 6.61 Å². The zero-order valence-electron chi connectivity index (χ0n) is 11.9. The summed E-state index contributed by atoms with van der Waals surface area (Å²) in [6, 6.07) is 10.5. The second kappa shape index (κ2) is 5.58. The predicted molar refractivity (Wildman–Crippen MR) is 79.4 cm³/mol. The van der Waals surface area contributed by atoms with Crippen molar-refractivity contribution in [1.29, 1.82) is 0 Å². The standard InChI is InChI=1S/C16H17NO3S/c1-12-5-9-15(10-6-12)21(18,19)20-11-14-8-7-13-3-2-4-16(13)17-14/h5-10H,2-4,11H2,1H3. The molecule has 5 heteroatoms. The Labute approximate surface area is 124 Å². The molecular formula is C16H17NO3S. The van der Waals surface area contributed by atoms with Gasteiger partial charge < -0.3 is 0 Å². The zero-order valence-corrected chi connectivity index (χ0v) is 12.7. The van der Waals surface area contributed by atoms with Crippen LogP contribution in [0.25, 0.3) is 0 Å². The number of aromatic nitrogens is 1. The lowest BCUT2D eigenvalue weighted by Crippen LogP contribution is -2.08. The van der Waals surface area contributed by atoms with Gasteiger partial charge in [-0.2, -0.15) is 8.42 Å². The average Bonchev–Trinajstić information content (AvgIpc) is 2.93. The summed E-state index contributed by atoms with van der Waals surface area (Å²) in [6.45, 7) is 1.88. The molecule has 0 fully saturated rings. The first-order valence-electron chi connectivity index (χ1n) is 6.98. The van der Waals surface area contributed by atoms with Gasteiger partial charge >= 0.3 is 0 Å². The van der Waals surface area contributed by atoms with Gasteiger partial charge in [-0.1, -0.05) is 23.8 Å². The number of nitrogens with zero attached hydrogens (tertiary/aromatic N) is 1. The molecule has 0 bridgehead atoms. The first kappa shape index (κ1) is 14.2. The fourth-order valence-electron chi connectivity index (χ4n) is 2.46. The van der Waals surface area contributed by atoms with E-state index in [-0.39, 0.29) is 11.5 Å². The van der Waals surface area contributed by atoms with Crippen LogP contribution in [0, 0.1) is 6.92 Å². The number of pyridine rings is 1. The molecule has 0 amide bonds. The van der Waals surface area contributed by atoms with E-state index < -0.39 is 10.1 Å². The van der Waals surface area contributed by atoms with Crippen molar-refractivity contribution >= 4 is 10.1 Å². The number of hydrogen-bond donors (Lipinski definition) is 0. The monoisotopic (exact) mass is 303 g/mol. The van der Waals surface area contributed by atoms with Crippen LogP contribution in [0.1, 0.15) is 28.9 Å². The van der Waals surface area contributed by atoms with Crippen molar-refractivity contribution in [3.63, 3.8) is 0 Å². The quantitative estimate of drug-likeness (QED) is 0.815. The van der Waals surface area contributed by atoms with Crippen LogP contribution in [-0.4, -0.2) is 13.4 Å². The van der Waals surface area contributed by atoms with Crippen molar-refractivity contribution in [2.75, 3.05) is 0 Å². The third-order valence-corrected chi connectivity index (χ3v) is 4.94. The summed E-state index contributed by atoms with van der Waals surface area (Å²) < 4.78 is 29.3. The first-order valence-corrected chi connectivity index (χ1v) is 8.39. The predicted octanol–water partition coefficient (Wildman–Crippen LogP) is 2.78. The molecule has 0 N–H and O–H groups in total. The Kier molecular flexibility index (Phi) is 3.78. The minimum absolute atomic E-state index is 0.0243. The Morgan fingerprint density at radius 1 is 1.10 bits per heavy atom. The highest BCUT2D eigenvalue weighted by molar-refractivity contribution is 7.86. The van der Waals surface area contributed by atoms with E-state index in [1.807, 2.05) is 19.1 Å². The van der Waals surface area contributed by atoms with E-state index >= 15 is 0 Å². The molecule has 1 heterocycles. The second-order valence-electron chi connectivity index (χ2n) is 5.29. The van der Waals surface area contributed by atoms with Crippen LogP contribution in [0.4, 0.5) is 0 Å². The summed E-state index contributed by atoms with van der Waals surface area (Å²) in [6.07, 6.45) is 3.15. The fourth-order valence-corrected chi connectivity index (χ4v) is 3.34. The smallest absolute Gasteiger partial charge is 0.260 e. The topological polar surface area (TPSA) is 56.3 Å². The van der Waals surface area contributed by atoms with Crippen LogP contribution in [0.3, 0.4) is 0 Å². The van der Waals surface area contributed by atoms with Gasteiger partial charge in [-0.15, -0.1) is 0 Å². The molecule has 0 unspecified atom stereocenters. The molecule has 0 aliphatic heterocycles. The van der Waals surface area contributed by atoms with Crippen molar-refractivity contribution in [3.8, 4) is 0 Å². The summed E-state index contributed by atoms with van der Waals surface area (Å²) >= 11 is 0. The summed E-state index contributed by atoms with van der Waals surface area (Å²) in [4.78, 5) is 4.65. The van der Waals surface area contributed by atoms with Crippen LogP contribution in [0.15, 0.2) is 41.3 Å². The molecule has 0 radical (unpaired) electrons. The Bertz CT molecular complexity index is 752. The normalized spacial score (nSPS) is 14.1. The maximum Gasteiger partial charge on any atom is 0.297 e. The lowest BCUT2D eigenvalue weighted by Gasteiger charge is -2.07. The summed E-state index contributed by atoms with van der Waals surface area (Å²) in [5.74, 6) is 0. The molecule has 0 saturated carbocycles. The third-order valence-electron chi connectivity index (χ3n) is 3.66. The number of aryl methyl sites for hydroxylation is 3. The van der Waals surface area contributed by atoms with Crippen LogP contribution in [0.2, 0.25) is 0 Å². The summed E-state index contributed by atoms with van der Waals surface area (Å²) in [5.41, 5.74) is 4.00. The highest BCUT2D eigenvalue weighted by Gasteiger charge is 2.17. The molecule has 1 aliphatic carbocycles. The maximum atomic E-state index is 12.1. The van der Waals surface area contributed by atoms with E-state index in [1.165, 1.54) is 5.56 Å². The van der Waals surface area contributed by atoms with Crippen molar-refractivity contribution in [2.24, 2.45) is 0 Å². The highest BCUT2D eigenvalue weighted by atomic mass is 32.2. The number of fused-ring (bicyclic) bond motifs is 1. The second-order valence-corrected chi connectivity index (χ2v) is 6.91. The minimum atomic E-state index is -3.73. The number of benzene rings is 1. The lowest BCUT2D eigenvalue weighted by atomic mass is 10.2. The van der Waals surface area contributed by atoms with Crippen LogP contribution in [0.5, 0.6) is 0 Å². The van der Waals surface area contributed by atoms with E-state index in [0.717, 1.165) is 30.5 Å². The molecule has 0 saturated heterocycles. The van der Waals surface area contributed by atoms with Gasteiger partial charge in [-0.25, -0.2) is 0 Å². The molecule has 21 heavy (non-hydrogen) atoms. The van der Waals surface area contributed by atoms with Gasteiger partial charge in [0, 0.05) is 5.69 Å². The molecule has 2 aromatic rings. The molecule has 3 rings (SSSR count). The van der Waals surface area contributed by atoms with Gasteiger partial charge in [0.05, 0.1) is 10.6 Å². The van der Waals surface area contributed by atoms with Crippen molar-refractivity contribution < 1.29 is 12.6 Å². The van der Waals surface area contributed by atoms with E-state index in [4.69, 9.17) is 4.18 Å². The molecule has 110 valence electrons. The van der Waals surface area contributed by atoms with Gasteiger partial charge in [0.2, 0.25) is 0 Å².